The van der Waals surface area contributed by atoms with E-state index in [4.69, 9.17) is 5.73 Å². The van der Waals surface area contributed by atoms with E-state index in [0.29, 0.717) is 12.1 Å². The summed E-state index contributed by atoms with van der Waals surface area (Å²) >= 11 is 2.24. The predicted molar refractivity (Wildman–Crippen MR) is 114 cm³/mol. The highest BCUT2D eigenvalue weighted by atomic mass is 32.2. The minimum Gasteiger partial charge on any atom is -0.368 e. The van der Waals surface area contributed by atoms with Gasteiger partial charge in [-0.15, -0.1) is 11.3 Å². The first-order valence-corrected chi connectivity index (χ1v) is 11.4. The van der Waals surface area contributed by atoms with Gasteiger partial charge in [0.05, 0.1) is 18.0 Å². The monoisotopic (exact) mass is 473 g/mol. The zero-order valence-corrected chi connectivity index (χ0v) is 18.4. The average Bonchev–Trinajstić information content (AvgIpc) is 3.17. The lowest BCUT2D eigenvalue weighted by molar-refractivity contribution is -0.167. The molecule has 2 aromatic rings. The number of nitrogens with two attached hydrogens (primary N) is 1. The number of halogens is 3. The van der Waals surface area contributed by atoms with Crippen LogP contribution in [0.25, 0.3) is 10.6 Å². The Morgan fingerprint density at radius 2 is 1.90 bits per heavy atom. The lowest BCUT2D eigenvalue weighted by Gasteiger charge is -2.28. The van der Waals surface area contributed by atoms with E-state index in [1.54, 1.807) is 5.38 Å². The van der Waals surface area contributed by atoms with Crippen molar-refractivity contribution in [1.82, 2.24) is 9.88 Å². The van der Waals surface area contributed by atoms with Crippen LogP contribution in [0.2, 0.25) is 0 Å². The number of amides is 2. The highest BCUT2D eigenvalue weighted by molar-refractivity contribution is 7.99. The Hall–Kier alpha value is -2.40. The summed E-state index contributed by atoms with van der Waals surface area (Å²) in [7, 11) is 0. The first kappa shape index (κ1) is 24.9. The lowest BCUT2D eigenvalue weighted by atomic mass is 10.1. The normalized spacial score (nSPS) is 12.4. The number of Topliss-reactive ketones (excluding diaryl/α,β-unsaturated/α-hetero) is 1. The maximum atomic E-state index is 12.2. The quantitative estimate of drug-likeness (QED) is 0.503. The zero-order valence-electron chi connectivity index (χ0n) is 16.7. The van der Waals surface area contributed by atoms with Gasteiger partial charge >= 0.3 is 6.18 Å². The fraction of sp³-hybridized carbons (Fsp3) is 0.400. The van der Waals surface area contributed by atoms with Crippen molar-refractivity contribution >= 4 is 40.7 Å². The summed E-state index contributed by atoms with van der Waals surface area (Å²) in [5.41, 5.74) is 7.03. The van der Waals surface area contributed by atoms with Gasteiger partial charge in [-0.05, 0) is 18.6 Å². The minimum absolute atomic E-state index is 0.0893. The molecule has 1 atom stereocenters. The number of thiazole rings is 1. The summed E-state index contributed by atoms with van der Waals surface area (Å²) in [5.74, 6) is -3.32. The van der Waals surface area contributed by atoms with E-state index < -0.39 is 29.7 Å². The Bertz CT molecular complexity index is 904. The summed E-state index contributed by atoms with van der Waals surface area (Å²) in [6.07, 6.45) is -4.35. The highest BCUT2D eigenvalue weighted by Gasteiger charge is 2.37. The molecule has 0 unspecified atom stereocenters. The van der Waals surface area contributed by atoms with E-state index in [1.807, 2.05) is 30.3 Å². The molecule has 1 heterocycles. The third kappa shape index (κ3) is 7.66. The summed E-state index contributed by atoms with van der Waals surface area (Å²) in [5, 5.41) is 2.58. The van der Waals surface area contributed by atoms with Gasteiger partial charge < -0.3 is 10.6 Å². The van der Waals surface area contributed by atoms with Crippen LogP contribution in [0.5, 0.6) is 0 Å². The molecule has 168 valence electrons. The molecule has 0 radical (unpaired) electrons. The van der Waals surface area contributed by atoms with Crippen LogP contribution in [0.3, 0.4) is 0 Å². The Kier molecular flexibility index (Phi) is 9.05. The molecule has 0 spiro atoms. The molecule has 2 amide bonds. The van der Waals surface area contributed by atoms with Crippen molar-refractivity contribution in [2.24, 2.45) is 5.73 Å². The number of carbonyl (C=O) groups is 3. The van der Waals surface area contributed by atoms with E-state index in [1.165, 1.54) is 23.2 Å². The van der Waals surface area contributed by atoms with Crippen LogP contribution in [0.4, 0.5) is 13.2 Å². The third-order valence-electron chi connectivity index (χ3n) is 4.33. The lowest BCUT2D eigenvalue weighted by Crippen LogP contribution is -2.46. The number of nitrogens with zero attached hydrogens (tertiary/aromatic N) is 2. The van der Waals surface area contributed by atoms with Crippen LogP contribution in [-0.2, 0) is 20.9 Å². The predicted octanol–water partition coefficient (Wildman–Crippen LogP) is 3.66. The second kappa shape index (κ2) is 11.3. The zero-order chi connectivity index (χ0) is 23.0. The van der Waals surface area contributed by atoms with Gasteiger partial charge in [0.15, 0.2) is 0 Å². The maximum Gasteiger partial charge on any atom is 0.450 e. The fourth-order valence-electron chi connectivity index (χ4n) is 2.79. The number of primary amides is 1. The van der Waals surface area contributed by atoms with E-state index in [2.05, 4.69) is 4.98 Å². The van der Waals surface area contributed by atoms with Crippen LogP contribution < -0.4 is 5.73 Å². The van der Waals surface area contributed by atoms with Gasteiger partial charge in [-0.1, -0.05) is 30.3 Å². The van der Waals surface area contributed by atoms with E-state index in [-0.39, 0.29) is 24.6 Å². The van der Waals surface area contributed by atoms with Crippen molar-refractivity contribution in [1.29, 1.82) is 0 Å². The van der Waals surface area contributed by atoms with Gasteiger partial charge in [-0.3, -0.25) is 14.4 Å². The van der Waals surface area contributed by atoms with Crippen LogP contribution in [-0.4, -0.2) is 51.2 Å². The number of rotatable bonds is 11. The van der Waals surface area contributed by atoms with Crippen molar-refractivity contribution in [2.75, 3.05) is 11.5 Å². The van der Waals surface area contributed by atoms with Crippen molar-refractivity contribution in [3.05, 3.63) is 41.4 Å². The minimum atomic E-state index is -4.85. The number of thioether (sulfide) groups is 1. The number of ketones is 1. The van der Waals surface area contributed by atoms with Gasteiger partial charge in [0.2, 0.25) is 17.6 Å². The van der Waals surface area contributed by atoms with Gasteiger partial charge in [0.1, 0.15) is 11.0 Å². The molecular formula is C20H22F3N3O3S2. The molecule has 0 fully saturated rings. The van der Waals surface area contributed by atoms with E-state index in [9.17, 15) is 27.6 Å². The molecule has 0 saturated carbocycles. The summed E-state index contributed by atoms with van der Waals surface area (Å²) < 4.78 is 36.7. The number of alkyl halides is 3. The molecule has 2 rings (SSSR count). The maximum absolute atomic E-state index is 12.2. The molecule has 1 aromatic heterocycles. The SMILES string of the molecule is CC(=O)N(Cc1csc(-c2ccccc2)n1)[C@@H](CCCSCC(=O)C(F)(F)F)C(N)=O. The van der Waals surface area contributed by atoms with Gasteiger partial charge in [0, 0.05) is 17.9 Å². The third-order valence-corrected chi connectivity index (χ3v) is 6.31. The van der Waals surface area contributed by atoms with Gasteiger partial charge in [-0.25, -0.2) is 4.98 Å². The number of aromatic nitrogens is 1. The summed E-state index contributed by atoms with van der Waals surface area (Å²) in [4.78, 5) is 40.9. The standard InChI is InChI=1S/C20H22F3N3O3S2/c1-13(27)26(10-15-11-31-19(25-15)14-6-3-2-4-7-14)16(18(24)29)8-5-9-30-12-17(28)20(21,22)23/h2-4,6-7,11,16H,5,8-10,12H2,1H3,(H2,24,29)/t16-/m0/s1. The largest absolute Gasteiger partial charge is 0.450 e. The van der Waals surface area contributed by atoms with Crippen molar-refractivity contribution < 1.29 is 27.6 Å². The Morgan fingerprint density at radius 3 is 2.48 bits per heavy atom. The first-order valence-electron chi connectivity index (χ1n) is 9.33. The highest BCUT2D eigenvalue weighted by Crippen LogP contribution is 2.25. The van der Waals surface area contributed by atoms with E-state index in [0.717, 1.165) is 22.3 Å². The Balaban J connectivity index is 1.97. The number of benzene rings is 1. The van der Waals surface area contributed by atoms with Crippen molar-refractivity contribution in [2.45, 2.75) is 38.5 Å². The molecule has 6 nitrogen and oxygen atoms in total. The second-order valence-electron chi connectivity index (χ2n) is 6.69. The topological polar surface area (TPSA) is 93.4 Å². The Labute approximate surface area is 186 Å². The number of carbonyl (C=O) groups excluding carboxylic acids is 3. The van der Waals surface area contributed by atoms with E-state index >= 15 is 0 Å². The van der Waals surface area contributed by atoms with Crippen LogP contribution >= 0.6 is 23.1 Å². The summed E-state index contributed by atoms with van der Waals surface area (Å²) in [6, 6.07) is 8.59. The first-order chi connectivity index (χ1) is 14.6. The van der Waals surface area contributed by atoms with Crippen LogP contribution in [0.1, 0.15) is 25.5 Å². The number of hydrogen-bond acceptors (Lipinski definition) is 6. The molecule has 0 aliphatic rings. The molecule has 0 aliphatic heterocycles. The molecular weight excluding hydrogens is 451 g/mol. The van der Waals surface area contributed by atoms with Crippen LogP contribution in [0, 0.1) is 0 Å². The fourth-order valence-corrected chi connectivity index (χ4v) is 4.47. The van der Waals surface area contributed by atoms with Crippen LogP contribution in [0.15, 0.2) is 35.7 Å². The molecule has 0 saturated heterocycles. The summed E-state index contributed by atoms with van der Waals surface area (Å²) in [6.45, 7) is 1.41. The van der Waals surface area contributed by atoms with Crippen molar-refractivity contribution in [3.63, 3.8) is 0 Å². The molecule has 0 aliphatic carbocycles. The molecule has 31 heavy (non-hydrogen) atoms. The number of hydrogen-bond donors (Lipinski definition) is 1. The molecule has 0 bridgehead atoms. The molecule has 11 heteroatoms. The van der Waals surface area contributed by atoms with Gasteiger partial charge in [0.25, 0.3) is 0 Å². The average molecular weight is 474 g/mol. The van der Waals surface area contributed by atoms with Gasteiger partial charge in [-0.2, -0.15) is 24.9 Å². The molecule has 2 N–H and O–H groups in total. The molecule has 1 aromatic carbocycles. The Morgan fingerprint density at radius 1 is 1.23 bits per heavy atom. The van der Waals surface area contributed by atoms with Crippen molar-refractivity contribution in [3.8, 4) is 10.6 Å². The second-order valence-corrected chi connectivity index (χ2v) is 8.65. The smallest absolute Gasteiger partial charge is 0.368 e.